The zero-order valence-corrected chi connectivity index (χ0v) is 25.4. The van der Waals surface area contributed by atoms with Gasteiger partial charge in [0.1, 0.15) is 11.2 Å². The largest absolute Gasteiger partial charge is 0.456 e. The Morgan fingerprint density at radius 2 is 1.34 bits per heavy atom. The minimum absolute atomic E-state index is 0.645. The van der Waals surface area contributed by atoms with Crippen LogP contribution in [0.2, 0.25) is 0 Å². The summed E-state index contributed by atoms with van der Waals surface area (Å²) in [6.07, 6.45) is 6.49. The first-order valence-electron chi connectivity index (χ1n) is 16.1. The third kappa shape index (κ3) is 3.75. The molecule has 0 amide bonds. The van der Waals surface area contributed by atoms with Crippen LogP contribution in [0.1, 0.15) is 23.2 Å². The van der Waals surface area contributed by atoms with Gasteiger partial charge in [-0.2, -0.15) is 5.26 Å². The molecular formula is C43H27N3O. The number of fused-ring (bicyclic) bond motifs is 10. The Morgan fingerprint density at radius 1 is 0.574 bits per heavy atom. The number of aromatic nitrogens is 2. The molecule has 0 spiro atoms. The van der Waals surface area contributed by atoms with Crippen LogP contribution in [0.3, 0.4) is 0 Å². The predicted molar refractivity (Wildman–Crippen MR) is 192 cm³/mol. The first kappa shape index (κ1) is 26.0. The first-order valence-corrected chi connectivity index (χ1v) is 16.1. The second-order valence-corrected chi connectivity index (χ2v) is 12.4. The average molecular weight is 602 g/mol. The number of nitrogens with zero attached hydrogens (tertiary/aromatic N) is 3. The fraction of sp³-hybridized carbons (Fsp3) is 0.0465. The molecule has 47 heavy (non-hydrogen) atoms. The predicted octanol–water partition coefficient (Wildman–Crippen LogP) is 11.1. The van der Waals surface area contributed by atoms with E-state index < -0.39 is 0 Å². The highest BCUT2D eigenvalue weighted by molar-refractivity contribution is 6.27. The molecule has 3 heterocycles. The van der Waals surface area contributed by atoms with Crippen molar-refractivity contribution in [2.45, 2.75) is 12.8 Å². The number of para-hydroxylation sites is 3. The van der Waals surface area contributed by atoms with Gasteiger partial charge in [0, 0.05) is 49.6 Å². The maximum Gasteiger partial charge on any atom is 0.136 e. The average Bonchev–Trinajstić information content (AvgIpc) is 3.79. The Kier molecular flexibility index (Phi) is 5.44. The summed E-state index contributed by atoms with van der Waals surface area (Å²) < 4.78 is 11.0. The highest BCUT2D eigenvalue weighted by Crippen LogP contribution is 2.42. The Hall–Kier alpha value is -6.31. The standard InChI is InChI=1S/C43H27N3O/c44-26-27-22-29(25-31(23-27)46-36-16-5-1-12-32(36)33-13-2-6-17-37(33)46)28-10-9-11-30(24-28)45-38-18-7-3-14-34(38)42-39(45)20-21-41-43(42)35-15-4-8-19-40(35)47-41/h1-5,7-16,18-25H,6,17H2. The number of benzene rings is 6. The monoisotopic (exact) mass is 601 g/mol. The van der Waals surface area contributed by atoms with E-state index in [0.29, 0.717) is 5.56 Å². The Balaban J connectivity index is 1.20. The van der Waals surface area contributed by atoms with Crippen LogP contribution in [0.25, 0.3) is 83.2 Å². The van der Waals surface area contributed by atoms with Crippen LogP contribution >= 0.6 is 0 Å². The summed E-state index contributed by atoms with van der Waals surface area (Å²) in [6.45, 7) is 0. The molecule has 0 bridgehead atoms. The van der Waals surface area contributed by atoms with Gasteiger partial charge in [-0.25, -0.2) is 0 Å². The molecule has 3 aromatic heterocycles. The van der Waals surface area contributed by atoms with Crippen molar-refractivity contribution in [1.82, 2.24) is 9.13 Å². The summed E-state index contributed by atoms with van der Waals surface area (Å²) in [5.74, 6) is 0. The molecule has 0 N–H and O–H groups in total. The van der Waals surface area contributed by atoms with Crippen molar-refractivity contribution in [3.05, 3.63) is 150 Å². The van der Waals surface area contributed by atoms with E-state index in [4.69, 9.17) is 4.42 Å². The minimum atomic E-state index is 0.645. The number of hydrogen-bond acceptors (Lipinski definition) is 2. The first-order chi connectivity index (χ1) is 23.3. The highest BCUT2D eigenvalue weighted by atomic mass is 16.3. The van der Waals surface area contributed by atoms with E-state index in [0.717, 1.165) is 68.3 Å². The van der Waals surface area contributed by atoms with Crippen LogP contribution < -0.4 is 0 Å². The third-order valence-electron chi connectivity index (χ3n) is 9.77. The maximum atomic E-state index is 10.2. The third-order valence-corrected chi connectivity index (χ3v) is 9.77. The zero-order valence-electron chi connectivity index (χ0n) is 25.4. The van der Waals surface area contributed by atoms with E-state index in [1.807, 2.05) is 24.3 Å². The van der Waals surface area contributed by atoms with Gasteiger partial charge in [-0.05, 0) is 84.6 Å². The second-order valence-electron chi connectivity index (χ2n) is 12.4. The van der Waals surface area contributed by atoms with Crippen LogP contribution in [-0.2, 0) is 6.42 Å². The lowest BCUT2D eigenvalue weighted by molar-refractivity contribution is 0.669. The molecule has 1 aliphatic carbocycles. The molecule has 0 unspecified atom stereocenters. The van der Waals surface area contributed by atoms with Gasteiger partial charge in [-0.3, -0.25) is 0 Å². The summed E-state index contributed by atoms with van der Waals surface area (Å²) >= 11 is 0. The maximum absolute atomic E-state index is 10.2. The second kappa shape index (κ2) is 9.84. The minimum Gasteiger partial charge on any atom is -0.456 e. The van der Waals surface area contributed by atoms with Crippen molar-refractivity contribution < 1.29 is 4.42 Å². The van der Waals surface area contributed by atoms with E-state index in [9.17, 15) is 5.26 Å². The van der Waals surface area contributed by atoms with Crippen molar-refractivity contribution in [1.29, 1.82) is 5.26 Å². The lowest BCUT2D eigenvalue weighted by Crippen LogP contribution is -2.03. The van der Waals surface area contributed by atoms with E-state index in [1.165, 1.54) is 32.9 Å². The molecule has 220 valence electrons. The summed E-state index contributed by atoms with van der Waals surface area (Å²) in [6, 6.07) is 47.1. The molecule has 0 atom stereocenters. The molecule has 1 aliphatic rings. The van der Waals surface area contributed by atoms with Gasteiger partial charge in [-0.1, -0.05) is 78.9 Å². The summed E-state index contributed by atoms with van der Waals surface area (Å²) in [7, 11) is 0. The Morgan fingerprint density at radius 3 is 2.21 bits per heavy atom. The quantitative estimate of drug-likeness (QED) is 0.202. The number of furan rings is 1. The van der Waals surface area contributed by atoms with Gasteiger partial charge in [0.15, 0.2) is 0 Å². The zero-order chi connectivity index (χ0) is 31.1. The molecule has 4 nitrogen and oxygen atoms in total. The van der Waals surface area contributed by atoms with Crippen molar-refractivity contribution in [2.75, 3.05) is 0 Å². The number of allylic oxidation sites excluding steroid dienone is 1. The number of nitriles is 1. The van der Waals surface area contributed by atoms with Crippen LogP contribution in [0.4, 0.5) is 0 Å². The normalized spacial score (nSPS) is 12.8. The van der Waals surface area contributed by atoms with E-state index >= 15 is 0 Å². The molecule has 0 saturated heterocycles. The molecule has 0 radical (unpaired) electrons. The summed E-state index contributed by atoms with van der Waals surface area (Å²) in [4.78, 5) is 0. The van der Waals surface area contributed by atoms with Gasteiger partial charge in [0.2, 0.25) is 0 Å². The lowest BCUT2D eigenvalue weighted by atomic mass is 10.0. The van der Waals surface area contributed by atoms with Crippen molar-refractivity contribution in [3.63, 3.8) is 0 Å². The highest BCUT2D eigenvalue weighted by Gasteiger charge is 2.21. The molecule has 0 aliphatic heterocycles. The summed E-state index contributed by atoms with van der Waals surface area (Å²) in [5.41, 5.74) is 12.6. The van der Waals surface area contributed by atoms with Gasteiger partial charge in [0.25, 0.3) is 0 Å². The molecule has 9 aromatic rings. The van der Waals surface area contributed by atoms with Crippen molar-refractivity contribution in [2.24, 2.45) is 0 Å². The topological polar surface area (TPSA) is 46.8 Å². The Bertz CT molecular complexity index is 2820. The molecule has 0 fully saturated rings. The van der Waals surface area contributed by atoms with Crippen LogP contribution in [0.15, 0.2) is 138 Å². The van der Waals surface area contributed by atoms with Gasteiger partial charge < -0.3 is 13.6 Å². The smallest absolute Gasteiger partial charge is 0.136 e. The molecule has 10 rings (SSSR count). The SMILES string of the molecule is N#Cc1cc(-c2cccc(-n3c4ccccc4c4c5c(ccc43)oc3ccccc35)c2)cc(-n2c3c(c4ccccc42)C=CCC3)c1. The molecular weight excluding hydrogens is 574 g/mol. The Labute approximate surface area is 270 Å². The van der Waals surface area contributed by atoms with Crippen molar-refractivity contribution in [3.8, 4) is 28.6 Å². The van der Waals surface area contributed by atoms with Gasteiger partial charge in [0.05, 0.1) is 28.2 Å². The van der Waals surface area contributed by atoms with E-state index in [2.05, 4.69) is 130 Å². The van der Waals surface area contributed by atoms with Crippen LogP contribution in [-0.4, -0.2) is 9.13 Å². The molecule has 6 aromatic carbocycles. The van der Waals surface area contributed by atoms with Gasteiger partial charge >= 0.3 is 0 Å². The number of hydrogen-bond donors (Lipinski definition) is 0. The van der Waals surface area contributed by atoms with Gasteiger partial charge in [-0.15, -0.1) is 0 Å². The fourth-order valence-electron chi connectivity index (χ4n) is 7.81. The molecule has 4 heteroatoms. The lowest BCUT2D eigenvalue weighted by Gasteiger charge is -2.16. The van der Waals surface area contributed by atoms with Crippen LogP contribution in [0, 0.1) is 11.3 Å². The molecule has 0 saturated carbocycles. The fourth-order valence-corrected chi connectivity index (χ4v) is 7.81. The van der Waals surface area contributed by atoms with E-state index in [1.54, 1.807) is 0 Å². The summed E-state index contributed by atoms with van der Waals surface area (Å²) in [5, 5.41) is 16.1. The van der Waals surface area contributed by atoms with E-state index in [-0.39, 0.29) is 0 Å². The number of rotatable bonds is 3. The van der Waals surface area contributed by atoms with Crippen molar-refractivity contribution >= 4 is 60.7 Å². The van der Waals surface area contributed by atoms with Crippen LogP contribution in [0.5, 0.6) is 0 Å².